The molecule has 0 radical (unpaired) electrons. The third-order valence-electron chi connectivity index (χ3n) is 5.37. The van der Waals surface area contributed by atoms with Crippen molar-refractivity contribution in [3.63, 3.8) is 0 Å². The average molecular weight is 370 g/mol. The Morgan fingerprint density at radius 3 is 2.59 bits per heavy atom. The van der Waals surface area contributed by atoms with E-state index in [4.69, 9.17) is 4.74 Å². The van der Waals surface area contributed by atoms with Gasteiger partial charge in [-0.2, -0.15) is 0 Å². The largest absolute Gasteiger partial charge is 0.379 e. The smallest absolute Gasteiger partial charge is 0.322 e. The molecular formula is C20H26N4O3. The van der Waals surface area contributed by atoms with E-state index < -0.39 is 0 Å². The zero-order chi connectivity index (χ0) is 18.6. The van der Waals surface area contributed by atoms with Crippen LogP contribution in [0.5, 0.6) is 0 Å². The second kappa shape index (κ2) is 8.10. The van der Waals surface area contributed by atoms with Crippen molar-refractivity contribution in [2.45, 2.75) is 25.8 Å². The summed E-state index contributed by atoms with van der Waals surface area (Å²) >= 11 is 0. The van der Waals surface area contributed by atoms with E-state index in [2.05, 4.69) is 15.2 Å². The number of aromatic amines is 1. The number of ether oxygens (including phenoxy) is 1. The molecule has 2 amide bonds. The Hall–Kier alpha value is -2.38. The number of urea groups is 1. The van der Waals surface area contributed by atoms with Gasteiger partial charge in [0.15, 0.2) is 5.43 Å². The number of carbonyl (C=O) groups is 1. The Morgan fingerprint density at radius 1 is 1.07 bits per heavy atom. The van der Waals surface area contributed by atoms with Gasteiger partial charge in [0.2, 0.25) is 0 Å². The highest BCUT2D eigenvalue weighted by atomic mass is 16.5. The first-order valence-corrected chi connectivity index (χ1v) is 9.72. The van der Waals surface area contributed by atoms with Crippen LogP contribution in [0, 0.1) is 0 Å². The molecule has 27 heavy (non-hydrogen) atoms. The number of aromatic nitrogens is 1. The number of pyridine rings is 1. The molecule has 1 aromatic carbocycles. The van der Waals surface area contributed by atoms with Crippen molar-refractivity contribution in [3.05, 3.63) is 40.1 Å². The van der Waals surface area contributed by atoms with Gasteiger partial charge in [0.25, 0.3) is 0 Å². The first kappa shape index (κ1) is 18.0. The van der Waals surface area contributed by atoms with Crippen LogP contribution < -0.4 is 10.7 Å². The Balaban J connectivity index is 1.66. The standard InChI is InChI=1S/C20H26N4O3/c25-18-15-6-2-3-7-17(15)21-19(16(18)14-23-10-12-27-13-11-23)22-20(26)24-8-4-1-5-9-24/h2-3,6-7H,1,4-5,8-14H2,(H2,21,22,25,26). The molecule has 2 aromatic rings. The molecule has 3 heterocycles. The van der Waals surface area contributed by atoms with Crippen LogP contribution in [0.3, 0.4) is 0 Å². The molecule has 7 nitrogen and oxygen atoms in total. The number of anilines is 1. The van der Waals surface area contributed by atoms with Crippen molar-refractivity contribution in [1.29, 1.82) is 0 Å². The number of nitrogens with one attached hydrogen (secondary N) is 2. The Kier molecular flexibility index (Phi) is 5.40. The van der Waals surface area contributed by atoms with Crippen LogP contribution in [0.4, 0.5) is 10.6 Å². The van der Waals surface area contributed by atoms with Crippen LogP contribution in [-0.4, -0.2) is 60.2 Å². The number of hydrogen-bond donors (Lipinski definition) is 2. The quantitative estimate of drug-likeness (QED) is 0.870. The van der Waals surface area contributed by atoms with Gasteiger partial charge in [0.1, 0.15) is 5.82 Å². The summed E-state index contributed by atoms with van der Waals surface area (Å²) in [5.74, 6) is 0.515. The monoisotopic (exact) mass is 370 g/mol. The molecule has 2 fully saturated rings. The van der Waals surface area contributed by atoms with Gasteiger partial charge in [0, 0.05) is 38.1 Å². The zero-order valence-electron chi connectivity index (χ0n) is 15.5. The molecule has 0 aliphatic carbocycles. The number of piperidine rings is 1. The molecule has 2 aliphatic rings. The second-order valence-electron chi connectivity index (χ2n) is 7.22. The molecule has 0 saturated carbocycles. The van der Waals surface area contributed by atoms with E-state index in [-0.39, 0.29) is 11.5 Å². The van der Waals surface area contributed by atoms with Crippen LogP contribution in [0.25, 0.3) is 10.9 Å². The number of H-pyrrole nitrogens is 1. The molecule has 0 bridgehead atoms. The molecule has 2 N–H and O–H groups in total. The Labute approximate surface area is 158 Å². The molecule has 1 aromatic heterocycles. The minimum atomic E-state index is -0.135. The summed E-state index contributed by atoms with van der Waals surface area (Å²) < 4.78 is 5.41. The summed E-state index contributed by atoms with van der Waals surface area (Å²) in [6, 6.07) is 7.31. The minimum Gasteiger partial charge on any atom is -0.379 e. The summed E-state index contributed by atoms with van der Waals surface area (Å²) in [4.78, 5) is 33.2. The van der Waals surface area contributed by atoms with Crippen molar-refractivity contribution in [1.82, 2.24) is 14.8 Å². The van der Waals surface area contributed by atoms with E-state index in [0.29, 0.717) is 36.5 Å². The first-order chi connectivity index (χ1) is 13.2. The summed E-state index contributed by atoms with van der Waals surface area (Å²) in [7, 11) is 0. The number of fused-ring (bicyclic) bond motifs is 1. The van der Waals surface area contributed by atoms with Gasteiger partial charge >= 0.3 is 6.03 Å². The SMILES string of the molecule is O=C(Nc1[nH]c2ccccc2c(=O)c1CN1CCOCC1)N1CCCCC1. The van der Waals surface area contributed by atoms with Crippen LogP contribution in [0.15, 0.2) is 29.1 Å². The molecule has 0 unspecified atom stereocenters. The van der Waals surface area contributed by atoms with Crippen LogP contribution in [-0.2, 0) is 11.3 Å². The Morgan fingerprint density at radius 2 is 1.81 bits per heavy atom. The predicted octanol–water partition coefficient (Wildman–Crippen LogP) is 2.38. The number of nitrogens with zero attached hydrogens (tertiary/aromatic N) is 2. The van der Waals surface area contributed by atoms with Crippen LogP contribution in [0.1, 0.15) is 24.8 Å². The number of benzene rings is 1. The lowest BCUT2D eigenvalue weighted by atomic mass is 10.1. The van der Waals surface area contributed by atoms with Gasteiger partial charge in [-0.05, 0) is 31.4 Å². The van der Waals surface area contributed by atoms with E-state index in [0.717, 1.165) is 44.5 Å². The molecule has 0 atom stereocenters. The highest BCUT2D eigenvalue weighted by Crippen LogP contribution is 2.19. The van der Waals surface area contributed by atoms with E-state index in [1.165, 1.54) is 6.42 Å². The van der Waals surface area contributed by atoms with Crippen molar-refractivity contribution < 1.29 is 9.53 Å². The summed E-state index contributed by atoms with van der Waals surface area (Å²) in [5.41, 5.74) is 1.33. The van der Waals surface area contributed by atoms with Crippen LogP contribution >= 0.6 is 0 Å². The molecule has 144 valence electrons. The van der Waals surface area contributed by atoms with E-state index in [1.807, 2.05) is 29.2 Å². The lowest BCUT2D eigenvalue weighted by Gasteiger charge is -2.29. The number of likely N-dealkylation sites (tertiary alicyclic amines) is 1. The van der Waals surface area contributed by atoms with Gasteiger partial charge in [-0.25, -0.2) is 4.79 Å². The number of carbonyl (C=O) groups excluding carboxylic acids is 1. The zero-order valence-corrected chi connectivity index (χ0v) is 15.5. The topological polar surface area (TPSA) is 77.7 Å². The van der Waals surface area contributed by atoms with Crippen molar-refractivity contribution in [2.75, 3.05) is 44.7 Å². The normalized spacial score (nSPS) is 18.6. The third kappa shape index (κ3) is 3.99. The summed E-state index contributed by atoms with van der Waals surface area (Å²) in [5, 5.41) is 3.63. The van der Waals surface area contributed by atoms with E-state index >= 15 is 0 Å². The van der Waals surface area contributed by atoms with Crippen molar-refractivity contribution in [2.24, 2.45) is 0 Å². The maximum atomic E-state index is 13.1. The van der Waals surface area contributed by atoms with Gasteiger partial charge in [-0.3, -0.25) is 15.0 Å². The minimum absolute atomic E-state index is 0.0233. The highest BCUT2D eigenvalue weighted by molar-refractivity contribution is 5.91. The predicted molar refractivity (Wildman–Crippen MR) is 105 cm³/mol. The average Bonchev–Trinajstić information content (AvgIpc) is 2.72. The van der Waals surface area contributed by atoms with Gasteiger partial charge in [-0.15, -0.1) is 0 Å². The van der Waals surface area contributed by atoms with Crippen molar-refractivity contribution in [3.8, 4) is 0 Å². The van der Waals surface area contributed by atoms with Gasteiger partial charge in [-0.1, -0.05) is 12.1 Å². The number of hydrogen-bond acceptors (Lipinski definition) is 4. The molecule has 4 rings (SSSR count). The maximum absolute atomic E-state index is 13.1. The van der Waals surface area contributed by atoms with Crippen LogP contribution in [0.2, 0.25) is 0 Å². The van der Waals surface area contributed by atoms with Gasteiger partial charge < -0.3 is 14.6 Å². The lowest BCUT2D eigenvalue weighted by molar-refractivity contribution is 0.0341. The summed E-state index contributed by atoms with van der Waals surface area (Å²) in [6.45, 7) is 4.93. The highest BCUT2D eigenvalue weighted by Gasteiger charge is 2.21. The first-order valence-electron chi connectivity index (χ1n) is 9.72. The fraction of sp³-hybridized carbons (Fsp3) is 0.500. The number of morpholine rings is 1. The third-order valence-corrected chi connectivity index (χ3v) is 5.37. The number of para-hydroxylation sites is 1. The number of amides is 2. The molecule has 7 heteroatoms. The fourth-order valence-corrected chi connectivity index (χ4v) is 3.80. The maximum Gasteiger partial charge on any atom is 0.322 e. The molecule has 2 aliphatic heterocycles. The van der Waals surface area contributed by atoms with E-state index in [9.17, 15) is 9.59 Å². The van der Waals surface area contributed by atoms with Crippen molar-refractivity contribution >= 4 is 22.8 Å². The molecule has 0 spiro atoms. The number of rotatable bonds is 3. The lowest BCUT2D eigenvalue weighted by Crippen LogP contribution is -2.40. The molecular weight excluding hydrogens is 344 g/mol. The van der Waals surface area contributed by atoms with E-state index in [1.54, 1.807) is 0 Å². The second-order valence-corrected chi connectivity index (χ2v) is 7.22. The summed E-state index contributed by atoms with van der Waals surface area (Å²) in [6.07, 6.45) is 3.23. The fourth-order valence-electron chi connectivity index (χ4n) is 3.80. The Bertz CT molecular complexity index is 867. The molecule has 2 saturated heterocycles. The van der Waals surface area contributed by atoms with Gasteiger partial charge in [0.05, 0.1) is 24.3 Å².